The van der Waals surface area contributed by atoms with Crippen LogP contribution in [-0.4, -0.2) is 42.2 Å². The van der Waals surface area contributed by atoms with Crippen LogP contribution in [0.3, 0.4) is 0 Å². The van der Waals surface area contributed by atoms with Gasteiger partial charge in [-0.3, -0.25) is 0 Å². The van der Waals surface area contributed by atoms with E-state index in [1.165, 1.54) is 11.3 Å². The Morgan fingerprint density at radius 3 is 2.36 bits per heavy atom. The molecule has 0 spiro atoms. The van der Waals surface area contributed by atoms with E-state index in [2.05, 4.69) is 57.0 Å². The van der Waals surface area contributed by atoms with Gasteiger partial charge >= 0.3 is 0 Å². The molecule has 0 aliphatic carbocycles. The summed E-state index contributed by atoms with van der Waals surface area (Å²) in [7, 11) is 0.352. The van der Waals surface area contributed by atoms with Crippen LogP contribution in [-0.2, 0) is 16.4 Å². The molecular formula is C26H31N3O3S. The predicted molar refractivity (Wildman–Crippen MR) is 134 cm³/mol. The number of fused-ring (bicyclic) bond motifs is 1. The highest BCUT2D eigenvalue weighted by atomic mass is 32.2. The lowest BCUT2D eigenvalue weighted by atomic mass is 10.0. The van der Waals surface area contributed by atoms with E-state index < -0.39 is 10.0 Å². The zero-order valence-corrected chi connectivity index (χ0v) is 20.2. The van der Waals surface area contributed by atoms with Crippen LogP contribution in [0.15, 0.2) is 77.7 Å². The van der Waals surface area contributed by atoms with Gasteiger partial charge in [0.25, 0.3) is 0 Å². The largest absolute Gasteiger partial charge is 0.494 e. The van der Waals surface area contributed by atoms with Crippen LogP contribution in [0.5, 0.6) is 5.75 Å². The van der Waals surface area contributed by atoms with E-state index in [9.17, 15) is 8.42 Å². The van der Waals surface area contributed by atoms with Gasteiger partial charge in [0.15, 0.2) is 0 Å². The van der Waals surface area contributed by atoms with Gasteiger partial charge in [0.05, 0.1) is 17.5 Å². The van der Waals surface area contributed by atoms with Crippen molar-refractivity contribution in [3.8, 4) is 5.75 Å². The first-order valence-electron chi connectivity index (χ1n) is 11.2. The molecular weight excluding hydrogens is 434 g/mol. The summed E-state index contributed by atoms with van der Waals surface area (Å²) in [4.78, 5) is 4.59. The van der Waals surface area contributed by atoms with Gasteiger partial charge in [0.1, 0.15) is 5.75 Å². The molecule has 1 aliphatic heterocycles. The Morgan fingerprint density at radius 2 is 1.70 bits per heavy atom. The molecule has 0 radical (unpaired) electrons. The van der Waals surface area contributed by atoms with Gasteiger partial charge in [-0.05, 0) is 66.9 Å². The van der Waals surface area contributed by atoms with Crippen molar-refractivity contribution in [2.45, 2.75) is 24.3 Å². The summed E-state index contributed by atoms with van der Waals surface area (Å²) in [6, 6.07) is 23.1. The highest BCUT2D eigenvalue weighted by Gasteiger charge is 2.28. The first-order valence-corrected chi connectivity index (χ1v) is 12.7. The normalized spacial score (nSPS) is 14.1. The molecule has 1 aliphatic rings. The van der Waals surface area contributed by atoms with E-state index in [0.717, 1.165) is 24.2 Å². The Balaban J connectivity index is 1.60. The summed E-state index contributed by atoms with van der Waals surface area (Å²) in [5.41, 5.74) is 4.64. The second kappa shape index (κ2) is 9.85. The number of nitrogens with one attached hydrogen (secondary N) is 1. The topological polar surface area (TPSA) is 61.9 Å². The fraction of sp³-hybridized carbons (Fsp3) is 0.308. The van der Waals surface area contributed by atoms with E-state index in [-0.39, 0.29) is 17.5 Å². The van der Waals surface area contributed by atoms with Crippen molar-refractivity contribution in [1.29, 1.82) is 0 Å². The van der Waals surface area contributed by atoms with Gasteiger partial charge in [-0.1, -0.05) is 30.3 Å². The molecule has 33 heavy (non-hydrogen) atoms. The van der Waals surface area contributed by atoms with Crippen LogP contribution in [0.2, 0.25) is 0 Å². The van der Waals surface area contributed by atoms with Crippen molar-refractivity contribution < 1.29 is 13.2 Å². The quantitative estimate of drug-likeness (QED) is 0.512. The number of hydrogen-bond acceptors (Lipinski definition) is 5. The van der Waals surface area contributed by atoms with E-state index in [1.54, 1.807) is 24.3 Å². The molecule has 4 rings (SSSR count). The van der Waals surface area contributed by atoms with Gasteiger partial charge < -0.3 is 14.5 Å². The maximum Gasteiger partial charge on any atom is 0.240 e. The second-order valence-corrected chi connectivity index (χ2v) is 10.1. The highest BCUT2D eigenvalue weighted by Crippen LogP contribution is 2.35. The van der Waals surface area contributed by atoms with Crippen molar-refractivity contribution in [3.05, 3.63) is 83.9 Å². The number of para-hydroxylation sites is 1. The third-order valence-electron chi connectivity index (χ3n) is 6.01. The summed E-state index contributed by atoms with van der Waals surface area (Å²) in [5, 5.41) is 0. The third-order valence-corrected chi connectivity index (χ3v) is 7.44. The fourth-order valence-corrected chi connectivity index (χ4v) is 5.28. The number of hydrogen-bond donors (Lipinski definition) is 1. The van der Waals surface area contributed by atoms with E-state index in [4.69, 9.17) is 4.74 Å². The van der Waals surface area contributed by atoms with Crippen molar-refractivity contribution in [1.82, 2.24) is 4.72 Å². The van der Waals surface area contributed by atoms with Crippen LogP contribution in [0.25, 0.3) is 0 Å². The first kappa shape index (κ1) is 23.1. The molecule has 0 unspecified atom stereocenters. The minimum atomic E-state index is -3.66. The molecule has 0 saturated heterocycles. The summed E-state index contributed by atoms with van der Waals surface area (Å²) in [6.07, 6.45) is 0.952. The summed E-state index contributed by atoms with van der Waals surface area (Å²) in [6.45, 7) is 3.55. The number of benzene rings is 3. The number of sulfonamides is 1. The summed E-state index contributed by atoms with van der Waals surface area (Å²) in [5.74, 6) is 0.656. The van der Waals surface area contributed by atoms with Crippen LogP contribution in [0, 0.1) is 0 Å². The van der Waals surface area contributed by atoms with E-state index in [0.29, 0.717) is 12.4 Å². The molecule has 1 heterocycles. The molecule has 0 aromatic heterocycles. The molecule has 7 heteroatoms. The average molecular weight is 466 g/mol. The Bertz CT molecular complexity index is 1180. The SMILES string of the molecule is CCOc1ccc(S(=O)(=O)NC[C@H](c2ccc(N(C)C)cc2)N2CCc3ccccc32)cc1. The molecule has 0 saturated carbocycles. The van der Waals surface area contributed by atoms with Crippen molar-refractivity contribution in [2.24, 2.45) is 0 Å². The Kier molecular flexibility index (Phi) is 6.91. The molecule has 1 N–H and O–H groups in total. The standard InChI is InChI=1S/C26H31N3O3S/c1-4-32-23-13-15-24(16-14-23)33(30,31)27-19-26(21-9-11-22(12-10-21)28(2)3)29-18-17-20-7-5-6-8-25(20)29/h5-16,26-27H,4,17-19H2,1-3H3/t26-/m1/s1. The van der Waals surface area contributed by atoms with Gasteiger partial charge in [0.2, 0.25) is 10.0 Å². The minimum Gasteiger partial charge on any atom is -0.494 e. The summed E-state index contributed by atoms with van der Waals surface area (Å²) >= 11 is 0. The maximum absolute atomic E-state index is 13.1. The van der Waals surface area contributed by atoms with Crippen LogP contribution < -0.4 is 19.3 Å². The van der Waals surface area contributed by atoms with Crippen LogP contribution in [0.1, 0.15) is 24.1 Å². The molecule has 174 valence electrons. The number of nitrogens with zero attached hydrogens (tertiary/aromatic N) is 2. The molecule has 0 fully saturated rings. The predicted octanol–water partition coefficient (Wildman–Crippen LogP) is 4.23. The zero-order chi connectivity index (χ0) is 23.4. The number of rotatable bonds is 9. The van der Waals surface area contributed by atoms with E-state index >= 15 is 0 Å². The minimum absolute atomic E-state index is 0.123. The van der Waals surface area contributed by atoms with Gasteiger partial charge in [-0.25, -0.2) is 13.1 Å². The van der Waals surface area contributed by atoms with Gasteiger partial charge in [-0.2, -0.15) is 0 Å². The summed E-state index contributed by atoms with van der Waals surface area (Å²) < 4.78 is 34.4. The second-order valence-electron chi connectivity index (χ2n) is 8.33. The average Bonchev–Trinajstić information content (AvgIpc) is 3.24. The number of anilines is 2. The molecule has 0 amide bonds. The van der Waals surface area contributed by atoms with E-state index in [1.807, 2.05) is 27.1 Å². The fourth-order valence-electron chi connectivity index (χ4n) is 4.24. The highest BCUT2D eigenvalue weighted by molar-refractivity contribution is 7.89. The van der Waals surface area contributed by atoms with Gasteiger partial charge in [0, 0.05) is 38.6 Å². The van der Waals surface area contributed by atoms with Crippen molar-refractivity contribution in [2.75, 3.05) is 43.6 Å². The molecule has 1 atom stereocenters. The zero-order valence-electron chi connectivity index (χ0n) is 19.4. The molecule has 6 nitrogen and oxygen atoms in total. The van der Waals surface area contributed by atoms with Crippen LogP contribution >= 0.6 is 0 Å². The maximum atomic E-state index is 13.1. The Hall–Kier alpha value is -3.03. The molecule has 3 aromatic rings. The lowest BCUT2D eigenvalue weighted by Gasteiger charge is -2.31. The number of ether oxygens (including phenoxy) is 1. The smallest absolute Gasteiger partial charge is 0.240 e. The third kappa shape index (κ3) is 5.15. The van der Waals surface area contributed by atoms with Crippen molar-refractivity contribution >= 4 is 21.4 Å². The van der Waals surface area contributed by atoms with Crippen LogP contribution in [0.4, 0.5) is 11.4 Å². The monoisotopic (exact) mass is 465 g/mol. The first-order chi connectivity index (χ1) is 15.9. The van der Waals surface area contributed by atoms with Crippen molar-refractivity contribution in [3.63, 3.8) is 0 Å². The molecule has 3 aromatic carbocycles. The van der Waals surface area contributed by atoms with Gasteiger partial charge in [-0.15, -0.1) is 0 Å². The Morgan fingerprint density at radius 1 is 1.00 bits per heavy atom. The Labute approximate surface area is 196 Å². The molecule has 0 bridgehead atoms. The lowest BCUT2D eigenvalue weighted by Crippen LogP contribution is -2.37. The lowest BCUT2D eigenvalue weighted by molar-refractivity contribution is 0.340.